The monoisotopic (exact) mass is 312 g/mol. The number of halogens is 3. The number of rotatable bonds is 4. The lowest BCUT2D eigenvalue weighted by Gasteiger charge is -2.09. The van der Waals surface area contributed by atoms with Crippen molar-refractivity contribution in [3.63, 3.8) is 0 Å². The summed E-state index contributed by atoms with van der Waals surface area (Å²) in [5.74, 6) is -2.03. The van der Waals surface area contributed by atoms with E-state index in [0.717, 1.165) is 12.1 Å². The predicted octanol–water partition coefficient (Wildman–Crippen LogP) is 3.93. The standard InChI is InChI=1S/C14H11ClF2N2O2/c1-2-21-14(20)8-6-7-11(19-13(8)15)18-12-9(16)4-3-5-10(12)17/h3-7H,2H2,1H3,(H,18,19). The first-order valence-corrected chi connectivity index (χ1v) is 6.45. The van der Waals surface area contributed by atoms with Gasteiger partial charge in [0.1, 0.15) is 28.3 Å². The van der Waals surface area contributed by atoms with Crippen molar-refractivity contribution < 1.29 is 18.3 Å². The Morgan fingerprint density at radius 3 is 2.52 bits per heavy atom. The molecule has 0 aliphatic rings. The Labute approximate surface area is 124 Å². The van der Waals surface area contributed by atoms with Gasteiger partial charge >= 0.3 is 5.97 Å². The minimum atomic E-state index is -0.762. The maximum Gasteiger partial charge on any atom is 0.341 e. The Hall–Kier alpha value is -2.21. The topological polar surface area (TPSA) is 51.2 Å². The molecular formula is C14H11ClF2N2O2. The second-order valence-corrected chi connectivity index (χ2v) is 4.34. The van der Waals surface area contributed by atoms with E-state index in [1.807, 2.05) is 0 Å². The Kier molecular flexibility index (Phi) is 4.70. The fourth-order valence-electron chi connectivity index (χ4n) is 1.61. The number of anilines is 2. The molecule has 0 radical (unpaired) electrons. The summed E-state index contributed by atoms with van der Waals surface area (Å²) >= 11 is 5.87. The van der Waals surface area contributed by atoms with Crippen LogP contribution in [-0.4, -0.2) is 17.6 Å². The number of para-hydroxylation sites is 1. The van der Waals surface area contributed by atoms with E-state index in [4.69, 9.17) is 16.3 Å². The second-order valence-electron chi connectivity index (χ2n) is 3.98. The van der Waals surface area contributed by atoms with E-state index in [2.05, 4.69) is 10.3 Å². The molecule has 1 aromatic carbocycles. The van der Waals surface area contributed by atoms with E-state index in [-0.39, 0.29) is 28.8 Å². The first-order valence-electron chi connectivity index (χ1n) is 6.07. The lowest BCUT2D eigenvalue weighted by atomic mass is 10.2. The van der Waals surface area contributed by atoms with E-state index in [1.165, 1.54) is 18.2 Å². The highest BCUT2D eigenvalue weighted by Crippen LogP contribution is 2.24. The third-order valence-electron chi connectivity index (χ3n) is 2.56. The Morgan fingerprint density at radius 2 is 1.95 bits per heavy atom. The number of nitrogens with zero attached hydrogens (tertiary/aromatic N) is 1. The lowest BCUT2D eigenvalue weighted by molar-refractivity contribution is 0.0526. The molecule has 0 atom stereocenters. The molecule has 1 N–H and O–H groups in total. The molecule has 1 aromatic heterocycles. The molecule has 0 saturated carbocycles. The van der Waals surface area contributed by atoms with Crippen LogP contribution in [0.3, 0.4) is 0 Å². The zero-order chi connectivity index (χ0) is 15.4. The minimum Gasteiger partial charge on any atom is -0.462 e. The van der Waals surface area contributed by atoms with Crippen molar-refractivity contribution in [3.05, 3.63) is 52.7 Å². The van der Waals surface area contributed by atoms with E-state index in [1.54, 1.807) is 6.92 Å². The van der Waals surface area contributed by atoms with Crippen LogP contribution in [0.5, 0.6) is 0 Å². The van der Waals surface area contributed by atoms with Crippen molar-refractivity contribution in [1.29, 1.82) is 0 Å². The number of carbonyl (C=O) groups excluding carboxylic acids is 1. The quantitative estimate of drug-likeness (QED) is 0.686. The van der Waals surface area contributed by atoms with Gasteiger partial charge in [0.05, 0.1) is 12.2 Å². The van der Waals surface area contributed by atoms with Crippen molar-refractivity contribution in [2.75, 3.05) is 11.9 Å². The molecule has 0 aliphatic heterocycles. The molecule has 0 spiro atoms. The average molecular weight is 313 g/mol. The average Bonchev–Trinajstić information content (AvgIpc) is 2.43. The van der Waals surface area contributed by atoms with Crippen molar-refractivity contribution in [3.8, 4) is 0 Å². The first kappa shape index (κ1) is 15.2. The van der Waals surface area contributed by atoms with Crippen LogP contribution in [0.4, 0.5) is 20.3 Å². The van der Waals surface area contributed by atoms with Gasteiger partial charge in [-0.15, -0.1) is 0 Å². The van der Waals surface area contributed by atoms with Gasteiger partial charge in [0, 0.05) is 0 Å². The summed E-state index contributed by atoms with van der Waals surface area (Å²) in [5.41, 5.74) is -0.261. The summed E-state index contributed by atoms with van der Waals surface area (Å²) in [6.45, 7) is 1.87. The SMILES string of the molecule is CCOC(=O)c1ccc(Nc2c(F)cccc2F)nc1Cl. The van der Waals surface area contributed by atoms with Gasteiger partial charge in [-0.25, -0.2) is 18.6 Å². The van der Waals surface area contributed by atoms with Crippen LogP contribution < -0.4 is 5.32 Å². The number of carbonyl (C=O) groups is 1. The number of hydrogen-bond donors (Lipinski definition) is 1. The molecule has 0 amide bonds. The molecule has 1 heterocycles. The zero-order valence-corrected chi connectivity index (χ0v) is 11.7. The first-order chi connectivity index (χ1) is 10.0. The molecule has 2 rings (SSSR count). The van der Waals surface area contributed by atoms with Crippen molar-refractivity contribution in [2.45, 2.75) is 6.92 Å². The fourth-order valence-corrected chi connectivity index (χ4v) is 1.84. The number of benzene rings is 1. The van der Waals surface area contributed by atoms with Gasteiger partial charge in [-0.3, -0.25) is 0 Å². The van der Waals surface area contributed by atoms with Gasteiger partial charge in [0.15, 0.2) is 0 Å². The molecule has 4 nitrogen and oxygen atoms in total. The van der Waals surface area contributed by atoms with Crippen LogP contribution in [0, 0.1) is 11.6 Å². The summed E-state index contributed by atoms with van der Waals surface area (Å²) in [4.78, 5) is 15.4. The molecule has 0 bridgehead atoms. The molecular weight excluding hydrogens is 302 g/mol. The van der Waals surface area contributed by atoms with Crippen molar-refractivity contribution >= 4 is 29.1 Å². The van der Waals surface area contributed by atoms with Crippen LogP contribution in [-0.2, 0) is 4.74 Å². The van der Waals surface area contributed by atoms with E-state index in [9.17, 15) is 13.6 Å². The molecule has 0 saturated heterocycles. The van der Waals surface area contributed by atoms with Gasteiger partial charge < -0.3 is 10.1 Å². The van der Waals surface area contributed by atoms with Gasteiger partial charge in [0.25, 0.3) is 0 Å². The van der Waals surface area contributed by atoms with E-state index in [0.29, 0.717) is 0 Å². The highest BCUT2D eigenvalue weighted by molar-refractivity contribution is 6.32. The van der Waals surface area contributed by atoms with Crippen LogP contribution in [0.2, 0.25) is 5.15 Å². The maximum atomic E-state index is 13.5. The summed E-state index contributed by atoms with van der Waals surface area (Å²) < 4.78 is 31.8. The highest BCUT2D eigenvalue weighted by atomic mass is 35.5. The summed E-state index contributed by atoms with van der Waals surface area (Å²) in [6.07, 6.45) is 0. The van der Waals surface area contributed by atoms with Crippen LogP contribution in [0.1, 0.15) is 17.3 Å². The third kappa shape index (κ3) is 3.46. The van der Waals surface area contributed by atoms with Gasteiger partial charge in [-0.05, 0) is 31.2 Å². The normalized spacial score (nSPS) is 10.3. The molecule has 2 aromatic rings. The van der Waals surface area contributed by atoms with Crippen LogP contribution >= 0.6 is 11.6 Å². The largest absolute Gasteiger partial charge is 0.462 e. The Morgan fingerprint density at radius 1 is 1.29 bits per heavy atom. The van der Waals surface area contributed by atoms with E-state index >= 15 is 0 Å². The number of hydrogen-bond acceptors (Lipinski definition) is 4. The minimum absolute atomic E-state index is 0.0815. The molecule has 0 fully saturated rings. The predicted molar refractivity (Wildman–Crippen MR) is 74.8 cm³/mol. The zero-order valence-electron chi connectivity index (χ0n) is 11.0. The van der Waals surface area contributed by atoms with Gasteiger partial charge in [0.2, 0.25) is 0 Å². The molecule has 0 unspecified atom stereocenters. The van der Waals surface area contributed by atoms with Crippen LogP contribution in [0.25, 0.3) is 0 Å². The smallest absolute Gasteiger partial charge is 0.341 e. The van der Waals surface area contributed by atoms with E-state index < -0.39 is 17.6 Å². The van der Waals surface area contributed by atoms with Crippen molar-refractivity contribution in [2.24, 2.45) is 0 Å². The highest BCUT2D eigenvalue weighted by Gasteiger charge is 2.14. The molecule has 0 aliphatic carbocycles. The summed E-state index contributed by atoms with van der Waals surface area (Å²) in [5, 5.41) is 2.37. The number of pyridine rings is 1. The Bertz CT molecular complexity index is 660. The second kappa shape index (κ2) is 6.49. The number of nitrogens with one attached hydrogen (secondary N) is 1. The number of aromatic nitrogens is 1. The molecule has 7 heteroatoms. The maximum absolute atomic E-state index is 13.5. The fraction of sp³-hybridized carbons (Fsp3) is 0.143. The van der Waals surface area contributed by atoms with Crippen molar-refractivity contribution in [1.82, 2.24) is 4.98 Å². The molecule has 21 heavy (non-hydrogen) atoms. The summed E-state index contributed by atoms with van der Waals surface area (Å²) in [7, 11) is 0. The van der Waals surface area contributed by atoms with Gasteiger partial charge in [-0.2, -0.15) is 0 Å². The third-order valence-corrected chi connectivity index (χ3v) is 2.85. The summed E-state index contributed by atoms with van der Waals surface area (Å²) in [6, 6.07) is 6.22. The van der Waals surface area contributed by atoms with Gasteiger partial charge in [-0.1, -0.05) is 17.7 Å². The lowest BCUT2D eigenvalue weighted by Crippen LogP contribution is -2.07. The van der Waals surface area contributed by atoms with Crippen LogP contribution in [0.15, 0.2) is 30.3 Å². The Balaban J connectivity index is 2.27. The number of ether oxygens (including phenoxy) is 1. The molecule has 110 valence electrons. The number of esters is 1.